The second-order valence-corrected chi connectivity index (χ2v) is 6.86. The van der Waals surface area contributed by atoms with Gasteiger partial charge < -0.3 is 5.32 Å². The van der Waals surface area contributed by atoms with Crippen molar-refractivity contribution in [3.8, 4) is 0 Å². The molecule has 1 amide bonds. The molecule has 2 nitrogen and oxygen atoms in total. The van der Waals surface area contributed by atoms with Crippen molar-refractivity contribution >= 4 is 22.9 Å². The maximum Gasteiger partial charge on any atom is 0.265 e. The summed E-state index contributed by atoms with van der Waals surface area (Å²) in [6.07, 6.45) is 3.48. The van der Waals surface area contributed by atoms with Crippen LogP contribution in [0.5, 0.6) is 0 Å². The van der Waals surface area contributed by atoms with Gasteiger partial charge in [0.05, 0.1) is 4.88 Å². The fraction of sp³-hybridized carbons (Fsp3) is 0.353. The Morgan fingerprint density at radius 1 is 1.30 bits per heavy atom. The molecule has 1 aromatic heterocycles. The van der Waals surface area contributed by atoms with E-state index in [4.69, 9.17) is 0 Å². The predicted molar refractivity (Wildman–Crippen MR) is 84.6 cm³/mol. The highest BCUT2D eigenvalue weighted by atomic mass is 32.1. The lowest BCUT2D eigenvalue weighted by Crippen LogP contribution is -2.10. The molecule has 3 rings (SSSR count). The Bertz CT molecular complexity index is 627. The number of nitrogens with one attached hydrogen (secondary N) is 1. The number of carbonyl (C=O) groups excluding carboxylic acids is 1. The normalized spacial score (nSPS) is 17.6. The minimum absolute atomic E-state index is 0.0147. The molecule has 0 radical (unpaired) electrons. The van der Waals surface area contributed by atoms with Crippen molar-refractivity contribution in [3.05, 3.63) is 51.2 Å². The highest BCUT2D eigenvalue weighted by Gasteiger charge is 2.20. The van der Waals surface area contributed by atoms with Crippen LogP contribution in [0.3, 0.4) is 0 Å². The van der Waals surface area contributed by atoms with Crippen LogP contribution in [0, 0.1) is 12.8 Å². The molecule has 104 valence electrons. The molecular formula is C17H19NOS. The van der Waals surface area contributed by atoms with Gasteiger partial charge in [0.25, 0.3) is 5.91 Å². The molecule has 0 spiro atoms. The van der Waals surface area contributed by atoms with Crippen molar-refractivity contribution in [1.29, 1.82) is 0 Å². The standard InChI is InChI=1S/C17H19NOS/c1-11-3-6-14(7-4-11)18-17(19)16-10-13-9-12(2)5-8-15(13)20-16/h3-4,6-7,10,12H,5,8-9H2,1-2H3,(H,18,19)/t12-/m0/s1. The Hall–Kier alpha value is -1.61. The third-order valence-corrected chi connectivity index (χ3v) is 5.10. The molecule has 20 heavy (non-hydrogen) atoms. The first-order valence-electron chi connectivity index (χ1n) is 7.11. The van der Waals surface area contributed by atoms with Gasteiger partial charge in [0.1, 0.15) is 0 Å². The predicted octanol–water partition coefficient (Wildman–Crippen LogP) is 4.43. The highest BCUT2D eigenvalue weighted by Crippen LogP contribution is 2.32. The number of carbonyl (C=O) groups is 1. The van der Waals surface area contributed by atoms with E-state index in [-0.39, 0.29) is 5.91 Å². The summed E-state index contributed by atoms with van der Waals surface area (Å²) in [6.45, 7) is 4.33. The smallest absolute Gasteiger partial charge is 0.265 e. The summed E-state index contributed by atoms with van der Waals surface area (Å²) in [5.74, 6) is 0.756. The van der Waals surface area contributed by atoms with E-state index in [1.54, 1.807) is 11.3 Å². The number of hydrogen-bond acceptors (Lipinski definition) is 2. The van der Waals surface area contributed by atoms with Gasteiger partial charge in [0.15, 0.2) is 0 Å². The molecule has 1 aliphatic carbocycles. The lowest BCUT2D eigenvalue weighted by molar-refractivity contribution is 0.103. The van der Waals surface area contributed by atoms with E-state index in [2.05, 4.69) is 18.3 Å². The highest BCUT2D eigenvalue weighted by molar-refractivity contribution is 7.14. The number of thiophene rings is 1. The van der Waals surface area contributed by atoms with Gasteiger partial charge in [-0.1, -0.05) is 24.6 Å². The molecule has 1 aliphatic rings. The first-order valence-corrected chi connectivity index (χ1v) is 7.93. The first kappa shape index (κ1) is 13.4. The van der Waals surface area contributed by atoms with E-state index in [9.17, 15) is 4.79 Å². The molecular weight excluding hydrogens is 266 g/mol. The van der Waals surface area contributed by atoms with Crippen LogP contribution in [0.1, 0.15) is 39.0 Å². The fourth-order valence-electron chi connectivity index (χ4n) is 2.65. The van der Waals surface area contributed by atoms with E-state index >= 15 is 0 Å². The van der Waals surface area contributed by atoms with Gasteiger partial charge in [-0.3, -0.25) is 4.79 Å². The SMILES string of the molecule is Cc1ccc(NC(=O)c2cc3c(s2)CC[C@H](C)C3)cc1. The maximum absolute atomic E-state index is 12.3. The van der Waals surface area contributed by atoms with E-state index in [0.717, 1.165) is 29.3 Å². The third-order valence-electron chi connectivity index (χ3n) is 3.86. The second kappa shape index (κ2) is 5.41. The molecule has 2 aromatic rings. The van der Waals surface area contributed by atoms with Crippen LogP contribution in [-0.4, -0.2) is 5.91 Å². The lowest BCUT2D eigenvalue weighted by Gasteiger charge is -2.16. The summed E-state index contributed by atoms with van der Waals surface area (Å²) < 4.78 is 0. The van der Waals surface area contributed by atoms with Gasteiger partial charge in [-0.15, -0.1) is 11.3 Å². The summed E-state index contributed by atoms with van der Waals surface area (Å²) in [5, 5.41) is 2.98. The molecule has 0 saturated carbocycles. The zero-order valence-electron chi connectivity index (χ0n) is 11.9. The minimum atomic E-state index is 0.0147. The van der Waals surface area contributed by atoms with Crippen LogP contribution in [-0.2, 0) is 12.8 Å². The van der Waals surface area contributed by atoms with Gasteiger partial charge in [0.2, 0.25) is 0 Å². The first-order chi connectivity index (χ1) is 9.61. The third kappa shape index (κ3) is 2.78. The van der Waals surface area contributed by atoms with Gasteiger partial charge in [0, 0.05) is 10.6 Å². The van der Waals surface area contributed by atoms with Crippen molar-refractivity contribution in [1.82, 2.24) is 0 Å². The zero-order chi connectivity index (χ0) is 14.1. The molecule has 0 fully saturated rings. The van der Waals surface area contributed by atoms with Crippen LogP contribution < -0.4 is 5.32 Å². The molecule has 3 heteroatoms. The molecule has 1 atom stereocenters. The number of amides is 1. The fourth-order valence-corrected chi connectivity index (χ4v) is 3.75. The van der Waals surface area contributed by atoms with E-state index in [1.807, 2.05) is 31.2 Å². The van der Waals surface area contributed by atoms with Gasteiger partial charge in [-0.25, -0.2) is 0 Å². The van der Waals surface area contributed by atoms with Gasteiger partial charge in [-0.2, -0.15) is 0 Å². The van der Waals surface area contributed by atoms with Crippen LogP contribution in [0.2, 0.25) is 0 Å². The number of anilines is 1. The molecule has 1 heterocycles. The molecule has 1 aromatic carbocycles. The number of fused-ring (bicyclic) bond motifs is 1. The Morgan fingerprint density at radius 3 is 2.80 bits per heavy atom. The average molecular weight is 285 g/mol. The second-order valence-electron chi connectivity index (χ2n) is 5.73. The summed E-state index contributed by atoms with van der Waals surface area (Å²) in [5.41, 5.74) is 3.44. The van der Waals surface area contributed by atoms with Crippen LogP contribution in [0.25, 0.3) is 0 Å². The lowest BCUT2D eigenvalue weighted by atomic mass is 9.90. The van der Waals surface area contributed by atoms with Crippen molar-refractivity contribution in [2.45, 2.75) is 33.1 Å². The minimum Gasteiger partial charge on any atom is -0.321 e. The summed E-state index contributed by atoms with van der Waals surface area (Å²) in [4.78, 5) is 14.5. The van der Waals surface area contributed by atoms with Crippen LogP contribution in [0.15, 0.2) is 30.3 Å². The van der Waals surface area contributed by atoms with Crippen LogP contribution >= 0.6 is 11.3 Å². The maximum atomic E-state index is 12.3. The van der Waals surface area contributed by atoms with E-state index in [0.29, 0.717) is 0 Å². The molecule has 1 N–H and O–H groups in total. The monoisotopic (exact) mass is 285 g/mol. The number of aryl methyl sites for hydroxylation is 2. The quantitative estimate of drug-likeness (QED) is 0.868. The molecule has 0 unspecified atom stereocenters. The Morgan fingerprint density at radius 2 is 2.05 bits per heavy atom. The van der Waals surface area contributed by atoms with E-state index in [1.165, 1.54) is 22.4 Å². The summed E-state index contributed by atoms with van der Waals surface area (Å²) >= 11 is 1.66. The topological polar surface area (TPSA) is 29.1 Å². The number of benzene rings is 1. The van der Waals surface area contributed by atoms with Crippen molar-refractivity contribution < 1.29 is 4.79 Å². The van der Waals surface area contributed by atoms with Crippen molar-refractivity contribution in [3.63, 3.8) is 0 Å². The Kier molecular flexibility index (Phi) is 3.62. The number of hydrogen-bond donors (Lipinski definition) is 1. The van der Waals surface area contributed by atoms with Crippen LogP contribution in [0.4, 0.5) is 5.69 Å². The number of rotatable bonds is 2. The van der Waals surface area contributed by atoms with Crippen molar-refractivity contribution in [2.24, 2.45) is 5.92 Å². The van der Waals surface area contributed by atoms with Gasteiger partial charge >= 0.3 is 0 Å². The van der Waals surface area contributed by atoms with E-state index < -0.39 is 0 Å². The largest absolute Gasteiger partial charge is 0.321 e. The summed E-state index contributed by atoms with van der Waals surface area (Å²) in [6, 6.07) is 10.00. The zero-order valence-corrected chi connectivity index (χ0v) is 12.7. The molecule has 0 aliphatic heterocycles. The van der Waals surface area contributed by atoms with Gasteiger partial charge in [-0.05, 0) is 55.9 Å². The molecule has 0 saturated heterocycles. The summed E-state index contributed by atoms with van der Waals surface area (Å²) in [7, 11) is 0. The average Bonchev–Trinajstić information content (AvgIpc) is 2.84. The Labute approximate surface area is 123 Å². The Balaban J connectivity index is 1.76. The van der Waals surface area contributed by atoms with Crippen molar-refractivity contribution in [2.75, 3.05) is 5.32 Å². The molecule has 0 bridgehead atoms.